The number of aliphatic carboxylic acids is 1. The van der Waals surface area contributed by atoms with Crippen LogP contribution in [0.3, 0.4) is 0 Å². The fraction of sp³-hybridized carbons (Fsp3) is 0.462. The molecule has 0 bridgehead atoms. The van der Waals surface area contributed by atoms with Gasteiger partial charge < -0.3 is 25.6 Å². The predicted octanol–water partition coefficient (Wildman–Crippen LogP) is 3.28. The number of benzene rings is 1. The molecule has 2 amide bonds. The van der Waals surface area contributed by atoms with Crippen molar-refractivity contribution in [2.45, 2.75) is 58.0 Å². The third-order valence-electron chi connectivity index (χ3n) is 5.95. The standard InChI is InChI=1S/C26H34N4O6/c1-16(2)12-17(13-23(32)27-15-24(33)34)28-26(35)19-14-20(25-21(31)10-7-11-22(25)36-3)30(29-19)18-8-5-4-6-9-18/h5,7-8,10-11,14,16-18,31H,4,6,9,12-13,15H2,1-3H3,(H,27,32)(H,28,35)(H,33,34)/t17-,18?/m0/s1. The first kappa shape index (κ1) is 26.8. The number of phenols is 1. The van der Waals surface area contributed by atoms with Crippen molar-refractivity contribution < 1.29 is 29.3 Å². The van der Waals surface area contributed by atoms with Gasteiger partial charge in [0.15, 0.2) is 5.69 Å². The van der Waals surface area contributed by atoms with Gasteiger partial charge in [-0.25, -0.2) is 0 Å². The number of aromatic hydroxyl groups is 1. The number of amides is 2. The molecule has 194 valence electrons. The molecule has 10 nitrogen and oxygen atoms in total. The molecular weight excluding hydrogens is 464 g/mol. The molecule has 1 aromatic carbocycles. The van der Waals surface area contributed by atoms with Crippen molar-refractivity contribution in [3.8, 4) is 22.8 Å². The molecular formula is C26H34N4O6. The van der Waals surface area contributed by atoms with E-state index in [1.165, 1.54) is 7.11 Å². The number of nitrogens with zero attached hydrogens (tertiary/aromatic N) is 2. The Morgan fingerprint density at radius 2 is 2.06 bits per heavy atom. The summed E-state index contributed by atoms with van der Waals surface area (Å²) in [5.74, 6) is -1.40. The Labute approximate surface area is 210 Å². The Morgan fingerprint density at radius 3 is 2.69 bits per heavy atom. The molecule has 1 aliphatic rings. The van der Waals surface area contributed by atoms with E-state index in [2.05, 4.69) is 21.8 Å². The molecule has 0 radical (unpaired) electrons. The highest BCUT2D eigenvalue weighted by Crippen LogP contribution is 2.40. The summed E-state index contributed by atoms with van der Waals surface area (Å²) >= 11 is 0. The van der Waals surface area contributed by atoms with E-state index < -0.39 is 30.4 Å². The van der Waals surface area contributed by atoms with Crippen LogP contribution in [0.4, 0.5) is 0 Å². The third-order valence-corrected chi connectivity index (χ3v) is 5.95. The molecule has 0 fully saturated rings. The number of carboxylic acid groups (broad SMARTS) is 1. The average molecular weight is 499 g/mol. The monoisotopic (exact) mass is 498 g/mol. The fourth-order valence-corrected chi connectivity index (χ4v) is 4.38. The molecule has 4 N–H and O–H groups in total. The first-order valence-electron chi connectivity index (χ1n) is 12.1. The summed E-state index contributed by atoms with van der Waals surface area (Å²) in [7, 11) is 1.51. The molecule has 0 saturated carbocycles. The number of carboxylic acids is 1. The molecule has 1 unspecified atom stereocenters. The van der Waals surface area contributed by atoms with Gasteiger partial charge in [0.1, 0.15) is 18.0 Å². The Morgan fingerprint density at radius 1 is 1.28 bits per heavy atom. The summed E-state index contributed by atoms with van der Waals surface area (Å²) in [5, 5.41) is 29.3. The lowest BCUT2D eigenvalue weighted by atomic mass is 10.0. The number of phenolic OH excluding ortho intramolecular Hbond substituents is 1. The number of methoxy groups -OCH3 is 1. The number of hydrogen-bond donors (Lipinski definition) is 4. The van der Waals surface area contributed by atoms with Crippen LogP contribution in [0.25, 0.3) is 11.3 Å². The van der Waals surface area contributed by atoms with Crippen molar-refractivity contribution in [1.82, 2.24) is 20.4 Å². The van der Waals surface area contributed by atoms with Crippen LogP contribution in [0.1, 0.15) is 62.5 Å². The second-order valence-corrected chi connectivity index (χ2v) is 9.31. The summed E-state index contributed by atoms with van der Waals surface area (Å²) in [6, 6.07) is 5.99. The number of carbonyl (C=O) groups is 3. The van der Waals surface area contributed by atoms with E-state index in [9.17, 15) is 19.5 Å². The summed E-state index contributed by atoms with van der Waals surface area (Å²) in [5.41, 5.74) is 1.14. The highest BCUT2D eigenvalue weighted by atomic mass is 16.5. The van der Waals surface area contributed by atoms with E-state index in [0.717, 1.165) is 19.3 Å². The number of allylic oxidation sites excluding steroid dienone is 2. The largest absolute Gasteiger partial charge is 0.507 e. The molecule has 3 rings (SSSR count). The number of aromatic nitrogens is 2. The maximum atomic E-state index is 13.3. The average Bonchev–Trinajstić information content (AvgIpc) is 3.27. The molecule has 0 aliphatic heterocycles. The molecule has 36 heavy (non-hydrogen) atoms. The van der Waals surface area contributed by atoms with Gasteiger partial charge in [0.05, 0.1) is 24.4 Å². The molecule has 10 heteroatoms. The second kappa shape index (κ2) is 12.2. The molecule has 1 aliphatic carbocycles. The van der Waals surface area contributed by atoms with Gasteiger partial charge in [-0.15, -0.1) is 0 Å². The molecule has 1 heterocycles. The van der Waals surface area contributed by atoms with Gasteiger partial charge in [-0.3, -0.25) is 19.1 Å². The lowest BCUT2D eigenvalue weighted by Crippen LogP contribution is -2.41. The van der Waals surface area contributed by atoms with Gasteiger partial charge in [-0.1, -0.05) is 32.1 Å². The van der Waals surface area contributed by atoms with Crippen molar-refractivity contribution in [3.63, 3.8) is 0 Å². The zero-order valence-corrected chi connectivity index (χ0v) is 20.9. The van der Waals surface area contributed by atoms with E-state index in [1.54, 1.807) is 28.9 Å². The Balaban J connectivity index is 1.92. The van der Waals surface area contributed by atoms with Gasteiger partial charge >= 0.3 is 5.97 Å². The van der Waals surface area contributed by atoms with E-state index in [1.807, 2.05) is 19.9 Å². The molecule has 1 aromatic heterocycles. The Hall–Kier alpha value is -3.82. The number of carbonyl (C=O) groups excluding carboxylic acids is 2. The van der Waals surface area contributed by atoms with Gasteiger partial charge in [0.25, 0.3) is 5.91 Å². The summed E-state index contributed by atoms with van der Waals surface area (Å²) in [4.78, 5) is 36.3. The SMILES string of the molecule is COc1cccc(O)c1-c1cc(C(=O)N[C@H](CC(=O)NCC(=O)O)CC(C)C)nn1C1C=CCCC1. The molecule has 0 spiro atoms. The first-order valence-corrected chi connectivity index (χ1v) is 12.1. The number of rotatable bonds is 11. The van der Waals surface area contributed by atoms with Gasteiger partial charge in [-0.05, 0) is 49.8 Å². The zero-order chi connectivity index (χ0) is 26.2. The minimum absolute atomic E-state index is 0.00929. The summed E-state index contributed by atoms with van der Waals surface area (Å²) in [6.07, 6.45) is 7.38. The molecule has 2 aromatic rings. The maximum absolute atomic E-state index is 13.3. The lowest BCUT2D eigenvalue weighted by molar-refractivity contribution is -0.138. The fourth-order valence-electron chi connectivity index (χ4n) is 4.38. The van der Waals surface area contributed by atoms with Gasteiger partial charge in [-0.2, -0.15) is 5.10 Å². The third kappa shape index (κ3) is 6.87. The highest BCUT2D eigenvalue weighted by molar-refractivity contribution is 5.94. The minimum atomic E-state index is -1.14. The van der Waals surface area contributed by atoms with Crippen LogP contribution in [-0.2, 0) is 9.59 Å². The van der Waals surface area contributed by atoms with Crippen LogP contribution in [0, 0.1) is 5.92 Å². The van der Waals surface area contributed by atoms with Crippen LogP contribution < -0.4 is 15.4 Å². The van der Waals surface area contributed by atoms with Crippen molar-refractivity contribution in [1.29, 1.82) is 0 Å². The molecule has 2 atom stereocenters. The van der Waals surface area contributed by atoms with Gasteiger partial charge in [0.2, 0.25) is 5.91 Å². The predicted molar refractivity (Wildman–Crippen MR) is 134 cm³/mol. The Kier molecular flexibility index (Phi) is 9.10. The van der Waals surface area contributed by atoms with E-state index in [4.69, 9.17) is 9.84 Å². The number of hydrogen-bond acceptors (Lipinski definition) is 6. The second-order valence-electron chi connectivity index (χ2n) is 9.31. The summed E-state index contributed by atoms with van der Waals surface area (Å²) in [6.45, 7) is 3.47. The van der Waals surface area contributed by atoms with E-state index in [-0.39, 0.29) is 29.8 Å². The zero-order valence-electron chi connectivity index (χ0n) is 20.9. The van der Waals surface area contributed by atoms with Crippen molar-refractivity contribution in [2.24, 2.45) is 5.92 Å². The highest BCUT2D eigenvalue weighted by Gasteiger charge is 2.26. The van der Waals surface area contributed by atoms with Crippen LogP contribution in [0.2, 0.25) is 0 Å². The van der Waals surface area contributed by atoms with Crippen LogP contribution in [0.15, 0.2) is 36.4 Å². The molecule has 0 saturated heterocycles. The topological polar surface area (TPSA) is 143 Å². The smallest absolute Gasteiger partial charge is 0.322 e. The van der Waals surface area contributed by atoms with Crippen LogP contribution >= 0.6 is 0 Å². The van der Waals surface area contributed by atoms with Gasteiger partial charge in [0, 0.05) is 12.5 Å². The van der Waals surface area contributed by atoms with E-state index >= 15 is 0 Å². The first-order chi connectivity index (χ1) is 17.2. The Bertz CT molecular complexity index is 1120. The summed E-state index contributed by atoms with van der Waals surface area (Å²) < 4.78 is 7.21. The van der Waals surface area contributed by atoms with Crippen molar-refractivity contribution >= 4 is 17.8 Å². The normalized spacial score (nSPS) is 15.9. The maximum Gasteiger partial charge on any atom is 0.322 e. The number of ether oxygens (including phenoxy) is 1. The van der Waals surface area contributed by atoms with Crippen LogP contribution in [0.5, 0.6) is 11.5 Å². The number of nitrogens with one attached hydrogen (secondary N) is 2. The van der Waals surface area contributed by atoms with E-state index in [0.29, 0.717) is 23.4 Å². The van der Waals surface area contributed by atoms with Crippen molar-refractivity contribution in [3.05, 3.63) is 42.1 Å². The van der Waals surface area contributed by atoms with Crippen LogP contribution in [-0.4, -0.2) is 57.5 Å². The lowest BCUT2D eigenvalue weighted by Gasteiger charge is -2.21. The minimum Gasteiger partial charge on any atom is -0.507 e. The van der Waals surface area contributed by atoms with Crippen molar-refractivity contribution in [2.75, 3.05) is 13.7 Å². The quantitative estimate of drug-likeness (QED) is 0.348.